The van der Waals surface area contributed by atoms with Crippen LogP contribution in [0, 0.1) is 5.92 Å². The van der Waals surface area contributed by atoms with Crippen molar-refractivity contribution in [2.24, 2.45) is 5.92 Å². The molecule has 3 nitrogen and oxygen atoms in total. The summed E-state index contributed by atoms with van der Waals surface area (Å²) < 4.78 is 0. The molecule has 3 rings (SSSR count). The summed E-state index contributed by atoms with van der Waals surface area (Å²) in [4.78, 5) is 0. The Bertz CT molecular complexity index is 828. The van der Waals surface area contributed by atoms with Crippen LogP contribution in [0.25, 0.3) is 21.5 Å². The highest BCUT2D eigenvalue weighted by Gasteiger charge is 2.21. The van der Waals surface area contributed by atoms with Crippen LogP contribution in [0.15, 0.2) is 54.6 Å². The maximum atomic E-state index is 10.2. The number of rotatable bonds is 6. The molecule has 0 aliphatic rings. The van der Waals surface area contributed by atoms with Gasteiger partial charge in [0.15, 0.2) is 0 Å². The van der Waals surface area contributed by atoms with Crippen LogP contribution >= 0.6 is 0 Å². The summed E-state index contributed by atoms with van der Waals surface area (Å²) in [7, 11) is 0. The van der Waals surface area contributed by atoms with E-state index >= 15 is 0 Å². The van der Waals surface area contributed by atoms with Gasteiger partial charge in [-0.3, -0.25) is 0 Å². The van der Waals surface area contributed by atoms with E-state index in [4.69, 9.17) is 0 Å². The fraction of sp³-hybridized carbons (Fsp3) is 0.333. The quantitative estimate of drug-likeness (QED) is 0.609. The lowest BCUT2D eigenvalue weighted by Crippen LogP contribution is -2.44. The zero-order valence-electron chi connectivity index (χ0n) is 14.2. The molecule has 2 atom stereocenters. The third-order valence-electron chi connectivity index (χ3n) is 4.70. The highest BCUT2D eigenvalue weighted by Crippen LogP contribution is 2.28. The lowest BCUT2D eigenvalue weighted by Gasteiger charge is -2.25. The van der Waals surface area contributed by atoms with Gasteiger partial charge in [-0.1, -0.05) is 62.4 Å². The Morgan fingerprint density at radius 2 is 1.54 bits per heavy atom. The summed E-state index contributed by atoms with van der Waals surface area (Å²) in [5, 5.41) is 28.0. The van der Waals surface area contributed by atoms with Crippen molar-refractivity contribution in [3.8, 4) is 0 Å². The average molecular weight is 323 g/mol. The van der Waals surface area contributed by atoms with Crippen LogP contribution in [0.3, 0.4) is 0 Å². The molecule has 0 saturated carbocycles. The van der Waals surface area contributed by atoms with Gasteiger partial charge in [0, 0.05) is 6.54 Å². The standard InChI is InChI=1S/C21H25NO2/c1-14(2)21(24)20(13-23)22-12-16-11-15-7-3-4-8-17(15)19-10-6-5-9-18(16)19/h3-11,14,20-24H,12-13H2,1-2H3. The van der Waals surface area contributed by atoms with Crippen LogP contribution in [0.4, 0.5) is 0 Å². The number of benzene rings is 3. The molecule has 0 fully saturated rings. The van der Waals surface area contributed by atoms with E-state index in [0.717, 1.165) is 0 Å². The Kier molecular flexibility index (Phi) is 5.14. The minimum atomic E-state index is -0.568. The monoisotopic (exact) mass is 323 g/mol. The minimum Gasteiger partial charge on any atom is -0.395 e. The smallest absolute Gasteiger partial charge is 0.0738 e. The van der Waals surface area contributed by atoms with Crippen LogP contribution in [0.5, 0.6) is 0 Å². The third kappa shape index (κ3) is 3.29. The lowest BCUT2D eigenvalue weighted by molar-refractivity contribution is 0.0549. The molecule has 0 aliphatic heterocycles. The largest absolute Gasteiger partial charge is 0.395 e. The first-order chi connectivity index (χ1) is 11.6. The molecule has 0 bridgehead atoms. The van der Waals surface area contributed by atoms with Gasteiger partial charge in [-0.25, -0.2) is 0 Å². The molecule has 0 aliphatic carbocycles. The van der Waals surface area contributed by atoms with Gasteiger partial charge in [0.2, 0.25) is 0 Å². The van der Waals surface area contributed by atoms with Crippen molar-refractivity contribution in [2.75, 3.05) is 6.61 Å². The van der Waals surface area contributed by atoms with E-state index in [1.54, 1.807) is 0 Å². The minimum absolute atomic E-state index is 0.0785. The Balaban J connectivity index is 1.96. The molecule has 126 valence electrons. The number of nitrogens with one attached hydrogen (secondary N) is 1. The summed E-state index contributed by atoms with van der Waals surface area (Å²) in [6.07, 6.45) is -0.568. The predicted octanol–water partition coefficient (Wildman–Crippen LogP) is 3.46. The summed E-state index contributed by atoms with van der Waals surface area (Å²) in [5.74, 6) is 0.1000. The second kappa shape index (κ2) is 7.31. The average Bonchev–Trinajstić information content (AvgIpc) is 2.62. The van der Waals surface area contributed by atoms with Gasteiger partial charge in [-0.2, -0.15) is 0 Å². The predicted molar refractivity (Wildman–Crippen MR) is 100 cm³/mol. The van der Waals surface area contributed by atoms with E-state index in [9.17, 15) is 10.2 Å². The SMILES string of the molecule is CC(C)C(O)C(CO)NCc1cc2ccccc2c2ccccc12. The van der Waals surface area contributed by atoms with E-state index in [0.29, 0.717) is 6.54 Å². The van der Waals surface area contributed by atoms with E-state index in [2.05, 4.69) is 47.8 Å². The van der Waals surface area contributed by atoms with Gasteiger partial charge in [-0.05, 0) is 39.1 Å². The highest BCUT2D eigenvalue weighted by atomic mass is 16.3. The number of aliphatic hydroxyl groups is 2. The fourth-order valence-electron chi connectivity index (χ4n) is 3.28. The van der Waals surface area contributed by atoms with Gasteiger partial charge in [0.1, 0.15) is 0 Å². The number of hydrogen-bond acceptors (Lipinski definition) is 3. The third-order valence-corrected chi connectivity index (χ3v) is 4.70. The van der Waals surface area contributed by atoms with Crippen molar-refractivity contribution < 1.29 is 10.2 Å². The summed E-state index contributed by atoms with van der Waals surface area (Å²) in [6, 6.07) is 18.6. The zero-order chi connectivity index (χ0) is 17.1. The van der Waals surface area contributed by atoms with Crippen molar-refractivity contribution in [1.82, 2.24) is 5.32 Å². The molecule has 0 amide bonds. The van der Waals surface area contributed by atoms with Crippen molar-refractivity contribution in [1.29, 1.82) is 0 Å². The second-order valence-corrected chi connectivity index (χ2v) is 6.71. The van der Waals surface area contributed by atoms with Crippen LogP contribution in [0.2, 0.25) is 0 Å². The van der Waals surface area contributed by atoms with Gasteiger partial charge < -0.3 is 15.5 Å². The lowest BCUT2D eigenvalue weighted by atomic mass is 9.96. The molecule has 3 aromatic rings. The Morgan fingerprint density at radius 3 is 2.21 bits per heavy atom. The Labute approximate surface area is 142 Å². The first kappa shape index (κ1) is 16.9. The molecule has 24 heavy (non-hydrogen) atoms. The molecule has 0 spiro atoms. The topological polar surface area (TPSA) is 52.5 Å². The Morgan fingerprint density at radius 1 is 0.917 bits per heavy atom. The van der Waals surface area contributed by atoms with Gasteiger partial charge >= 0.3 is 0 Å². The van der Waals surface area contributed by atoms with Crippen LogP contribution < -0.4 is 5.32 Å². The molecular weight excluding hydrogens is 298 g/mol. The first-order valence-electron chi connectivity index (χ1n) is 8.53. The maximum absolute atomic E-state index is 10.2. The van der Waals surface area contributed by atoms with Crippen LogP contribution in [-0.2, 0) is 6.54 Å². The van der Waals surface area contributed by atoms with E-state index in [1.807, 2.05) is 26.0 Å². The maximum Gasteiger partial charge on any atom is 0.0738 e. The van der Waals surface area contributed by atoms with Crippen LogP contribution in [-0.4, -0.2) is 29.0 Å². The molecule has 0 saturated heterocycles. The molecule has 2 unspecified atom stereocenters. The van der Waals surface area contributed by atoms with E-state index in [1.165, 1.54) is 27.1 Å². The highest BCUT2D eigenvalue weighted by molar-refractivity contribution is 6.08. The molecule has 3 aromatic carbocycles. The van der Waals surface area contributed by atoms with Gasteiger partial charge in [0.25, 0.3) is 0 Å². The summed E-state index contributed by atoms with van der Waals surface area (Å²) >= 11 is 0. The van der Waals surface area contributed by atoms with Crippen LogP contribution in [0.1, 0.15) is 19.4 Å². The summed E-state index contributed by atoms with van der Waals surface area (Å²) in [6.45, 7) is 4.45. The molecule has 0 aromatic heterocycles. The van der Waals surface area contributed by atoms with Gasteiger partial charge in [0.05, 0.1) is 18.8 Å². The summed E-state index contributed by atoms with van der Waals surface area (Å²) in [5.41, 5.74) is 1.18. The molecular formula is C21H25NO2. The Hall–Kier alpha value is -1.94. The number of hydrogen-bond donors (Lipinski definition) is 3. The fourth-order valence-corrected chi connectivity index (χ4v) is 3.28. The molecule has 0 heterocycles. The zero-order valence-corrected chi connectivity index (χ0v) is 14.2. The van der Waals surface area contributed by atoms with Crippen molar-refractivity contribution in [3.63, 3.8) is 0 Å². The molecule has 3 heteroatoms. The number of aliphatic hydroxyl groups excluding tert-OH is 2. The van der Waals surface area contributed by atoms with Crippen molar-refractivity contribution in [3.05, 3.63) is 60.2 Å². The van der Waals surface area contributed by atoms with Gasteiger partial charge in [-0.15, -0.1) is 0 Å². The van der Waals surface area contributed by atoms with E-state index in [-0.39, 0.29) is 18.6 Å². The first-order valence-corrected chi connectivity index (χ1v) is 8.53. The second-order valence-electron chi connectivity index (χ2n) is 6.71. The number of fused-ring (bicyclic) bond motifs is 3. The molecule has 3 N–H and O–H groups in total. The molecule has 0 radical (unpaired) electrons. The van der Waals surface area contributed by atoms with Crippen molar-refractivity contribution in [2.45, 2.75) is 32.5 Å². The van der Waals surface area contributed by atoms with E-state index < -0.39 is 6.10 Å². The van der Waals surface area contributed by atoms with Crippen molar-refractivity contribution >= 4 is 21.5 Å². The normalized spacial score (nSPS) is 14.4.